The fourth-order valence-corrected chi connectivity index (χ4v) is 1.32. The second-order valence-corrected chi connectivity index (χ2v) is 3.15. The van der Waals surface area contributed by atoms with E-state index in [1.807, 2.05) is 77.9 Å². The van der Waals surface area contributed by atoms with Gasteiger partial charge in [-0.05, 0) is 11.1 Å². The molecule has 0 amide bonds. The monoisotopic (exact) mass is 270 g/mol. The molecule has 2 aromatic rings. The van der Waals surface area contributed by atoms with Crippen LogP contribution >= 0.6 is 0 Å². The van der Waals surface area contributed by atoms with Crippen LogP contribution in [-0.2, 0) is 0 Å². The number of hydrogen-bond donors (Lipinski definition) is 0. The van der Waals surface area contributed by atoms with Gasteiger partial charge in [0, 0.05) is 0 Å². The third-order valence-electron chi connectivity index (χ3n) is 2.07. The lowest BCUT2D eigenvalue weighted by Gasteiger charge is -1.92. The first-order valence-corrected chi connectivity index (χ1v) is 7.73. The molecule has 0 N–H and O–H groups in total. The Bertz CT molecular complexity index is 357. The molecular weight excluding hydrogens is 240 g/mol. The van der Waals surface area contributed by atoms with E-state index < -0.39 is 0 Å². The maximum Gasteiger partial charge on any atom is -0.0256 e. The molecule has 2 aromatic carbocycles. The van der Waals surface area contributed by atoms with Crippen LogP contribution in [0.2, 0.25) is 0 Å². The van der Waals surface area contributed by atoms with Crippen LogP contribution in [0.3, 0.4) is 0 Å². The summed E-state index contributed by atoms with van der Waals surface area (Å²) in [7, 11) is 0. The minimum absolute atomic E-state index is 1.23. The van der Waals surface area contributed by atoms with E-state index in [2.05, 4.69) is 36.4 Å². The minimum Gasteiger partial charge on any atom is -0.0683 e. The van der Waals surface area contributed by atoms with Gasteiger partial charge in [-0.25, -0.2) is 0 Å². The summed E-state index contributed by atoms with van der Waals surface area (Å²) in [5, 5.41) is 0. The van der Waals surface area contributed by atoms with Crippen molar-refractivity contribution in [3.8, 4) is 0 Å². The molecule has 0 aliphatic heterocycles. The quantitative estimate of drug-likeness (QED) is 0.519. The molecule has 0 aromatic heterocycles. The average Bonchev–Trinajstić information content (AvgIpc) is 2.60. The summed E-state index contributed by atoms with van der Waals surface area (Å²) in [5.41, 5.74) is 2.47. The summed E-state index contributed by atoms with van der Waals surface area (Å²) in [6.07, 6.45) is 4.24. The van der Waals surface area contributed by atoms with Gasteiger partial charge in [-0.2, -0.15) is 0 Å². The van der Waals surface area contributed by atoms with Crippen LogP contribution in [-0.4, -0.2) is 0 Å². The molecule has 0 aliphatic rings. The lowest BCUT2D eigenvalue weighted by atomic mass is 10.1. The summed E-state index contributed by atoms with van der Waals surface area (Å²) >= 11 is 0. The first kappa shape index (κ1) is 20.5. The van der Waals surface area contributed by atoms with Crippen molar-refractivity contribution < 1.29 is 0 Å². The van der Waals surface area contributed by atoms with Crippen molar-refractivity contribution >= 4 is 12.2 Å². The smallest absolute Gasteiger partial charge is 0.0256 e. The Labute approximate surface area is 126 Å². The molecule has 0 fully saturated rings. The summed E-state index contributed by atoms with van der Waals surface area (Å²) < 4.78 is 0. The zero-order valence-corrected chi connectivity index (χ0v) is 13.9. The van der Waals surface area contributed by atoms with E-state index in [-0.39, 0.29) is 0 Å². The van der Waals surface area contributed by atoms with Crippen molar-refractivity contribution in [2.24, 2.45) is 0 Å². The van der Waals surface area contributed by atoms with Gasteiger partial charge in [0.15, 0.2) is 0 Å². The number of benzene rings is 2. The largest absolute Gasteiger partial charge is 0.0683 e. The first-order valence-electron chi connectivity index (χ1n) is 7.73. The van der Waals surface area contributed by atoms with Crippen molar-refractivity contribution in [3.63, 3.8) is 0 Å². The molecule has 0 unspecified atom stereocenters. The molecule has 0 heterocycles. The molecule has 0 aliphatic carbocycles. The molecule has 0 heteroatoms. The predicted molar refractivity (Wildman–Crippen MR) is 95.9 cm³/mol. The Kier molecular flexibility index (Phi) is 17.6. The van der Waals surface area contributed by atoms with Crippen molar-refractivity contribution in [2.75, 3.05) is 0 Å². The molecule has 0 spiro atoms. The molecule has 0 atom stereocenters. The zero-order valence-electron chi connectivity index (χ0n) is 13.9. The number of rotatable bonds is 2. The Morgan fingerprint density at radius 3 is 0.950 bits per heavy atom. The van der Waals surface area contributed by atoms with Crippen molar-refractivity contribution in [2.45, 2.75) is 41.5 Å². The van der Waals surface area contributed by atoms with Gasteiger partial charge in [-0.3, -0.25) is 0 Å². The van der Waals surface area contributed by atoms with Gasteiger partial charge in [-0.1, -0.05) is 114 Å². The van der Waals surface area contributed by atoms with E-state index in [1.165, 1.54) is 11.1 Å². The standard InChI is InChI=1S/C14H12.3C2H6/c1-3-7-13(8-4-1)11-12-14-9-5-2-6-10-14;3*1-2/h1-12H;3*1-2H3. The van der Waals surface area contributed by atoms with Gasteiger partial charge < -0.3 is 0 Å². The van der Waals surface area contributed by atoms with Gasteiger partial charge >= 0.3 is 0 Å². The highest BCUT2D eigenvalue weighted by Gasteiger charge is 1.84. The van der Waals surface area contributed by atoms with E-state index >= 15 is 0 Å². The van der Waals surface area contributed by atoms with E-state index in [0.717, 1.165) is 0 Å². The molecule has 0 nitrogen and oxygen atoms in total. The van der Waals surface area contributed by atoms with Crippen LogP contribution in [0.1, 0.15) is 52.7 Å². The zero-order chi connectivity index (χ0) is 15.6. The summed E-state index contributed by atoms with van der Waals surface area (Å²) in [6, 6.07) is 20.6. The van der Waals surface area contributed by atoms with E-state index in [9.17, 15) is 0 Å². The minimum atomic E-state index is 1.23. The lowest BCUT2D eigenvalue weighted by molar-refractivity contribution is 1.50. The molecule has 0 saturated carbocycles. The van der Waals surface area contributed by atoms with Crippen LogP contribution in [0, 0.1) is 0 Å². The summed E-state index contributed by atoms with van der Waals surface area (Å²) in [5.74, 6) is 0. The van der Waals surface area contributed by atoms with Crippen LogP contribution in [0.4, 0.5) is 0 Å². The fraction of sp³-hybridized carbons (Fsp3) is 0.300. The third kappa shape index (κ3) is 10.1. The Hall–Kier alpha value is -1.82. The Morgan fingerprint density at radius 2 is 0.700 bits per heavy atom. The Balaban J connectivity index is 0. The molecule has 110 valence electrons. The fourth-order valence-electron chi connectivity index (χ4n) is 1.32. The van der Waals surface area contributed by atoms with Crippen molar-refractivity contribution in [1.82, 2.24) is 0 Å². The van der Waals surface area contributed by atoms with Gasteiger partial charge in [0.2, 0.25) is 0 Å². The average molecular weight is 270 g/mol. The van der Waals surface area contributed by atoms with E-state index in [0.29, 0.717) is 0 Å². The van der Waals surface area contributed by atoms with E-state index in [4.69, 9.17) is 0 Å². The molecule has 20 heavy (non-hydrogen) atoms. The second-order valence-electron chi connectivity index (χ2n) is 3.15. The van der Waals surface area contributed by atoms with Gasteiger partial charge in [-0.15, -0.1) is 0 Å². The van der Waals surface area contributed by atoms with Gasteiger partial charge in [0.25, 0.3) is 0 Å². The molecule has 0 radical (unpaired) electrons. The van der Waals surface area contributed by atoms with Gasteiger partial charge in [0.1, 0.15) is 0 Å². The van der Waals surface area contributed by atoms with Crippen LogP contribution < -0.4 is 0 Å². The molecular formula is C20H30. The molecule has 0 bridgehead atoms. The maximum atomic E-state index is 2.12. The van der Waals surface area contributed by atoms with Crippen LogP contribution in [0.15, 0.2) is 60.7 Å². The summed E-state index contributed by atoms with van der Waals surface area (Å²) in [6.45, 7) is 12.0. The highest BCUT2D eigenvalue weighted by Crippen LogP contribution is 2.06. The highest BCUT2D eigenvalue weighted by molar-refractivity contribution is 5.69. The normalized spacial score (nSPS) is 8.30. The highest BCUT2D eigenvalue weighted by atomic mass is 13.9. The van der Waals surface area contributed by atoms with Crippen molar-refractivity contribution in [1.29, 1.82) is 0 Å². The third-order valence-corrected chi connectivity index (χ3v) is 2.07. The van der Waals surface area contributed by atoms with Crippen LogP contribution in [0.25, 0.3) is 12.2 Å². The second kappa shape index (κ2) is 17.2. The van der Waals surface area contributed by atoms with E-state index in [1.54, 1.807) is 0 Å². The number of hydrogen-bond acceptors (Lipinski definition) is 0. The van der Waals surface area contributed by atoms with Crippen molar-refractivity contribution in [3.05, 3.63) is 71.8 Å². The SMILES string of the molecule is C(=Cc1ccccc1)c1ccccc1.CC.CC.CC. The predicted octanol–water partition coefficient (Wildman–Crippen LogP) is 6.94. The molecule has 0 saturated heterocycles. The first-order chi connectivity index (χ1) is 9.95. The maximum absolute atomic E-state index is 2.12. The molecule has 2 rings (SSSR count). The summed E-state index contributed by atoms with van der Waals surface area (Å²) in [4.78, 5) is 0. The van der Waals surface area contributed by atoms with Crippen LogP contribution in [0.5, 0.6) is 0 Å². The Morgan fingerprint density at radius 1 is 0.450 bits per heavy atom. The lowest BCUT2D eigenvalue weighted by Crippen LogP contribution is -1.70. The topological polar surface area (TPSA) is 0 Å². The van der Waals surface area contributed by atoms with Gasteiger partial charge in [0.05, 0.1) is 0 Å².